The standard InChI is InChI=1S/C25H20FN5O2/c26-18-6-1-5-17(22(18)24-28-10-3-11-29-24)25(32)31-14-15-12-19(31)20(13-15)33-21-8-7-16-4-2-9-27-23(16)30-21/h1-11,15,19-20H,12-14H2/t15-,19+,20-/m1/s1. The Bertz CT molecular complexity index is 1350. The number of halogens is 1. The molecule has 1 aliphatic heterocycles. The highest BCUT2D eigenvalue weighted by molar-refractivity contribution is 6.00. The fourth-order valence-electron chi connectivity index (χ4n) is 4.99. The number of hydrogen-bond acceptors (Lipinski definition) is 6. The topological polar surface area (TPSA) is 81.1 Å². The SMILES string of the molecule is O=C(c1cccc(F)c1-c1ncccn1)N1C[C@H]2C[C@@H](Oc3ccc4cccnc4n3)[C@@H]1C2. The Balaban J connectivity index is 1.28. The normalized spacial score (nSPS) is 21.5. The highest BCUT2D eigenvalue weighted by atomic mass is 19.1. The summed E-state index contributed by atoms with van der Waals surface area (Å²) >= 11 is 0. The van der Waals surface area contributed by atoms with E-state index in [-0.39, 0.29) is 35.0 Å². The molecule has 1 aromatic carbocycles. The zero-order valence-electron chi connectivity index (χ0n) is 17.6. The van der Waals surface area contributed by atoms with Gasteiger partial charge in [-0.05, 0) is 55.2 Å². The maximum Gasteiger partial charge on any atom is 0.255 e. The molecule has 2 fully saturated rings. The highest BCUT2D eigenvalue weighted by Gasteiger charge is 2.49. The molecule has 8 heteroatoms. The fourth-order valence-corrected chi connectivity index (χ4v) is 4.99. The molecular formula is C25H20FN5O2. The van der Waals surface area contributed by atoms with Crippen LogP contribution in [-0.2, 0) is 0 Å². The second-order valence-corrected chi connectivity index (χ2v) is 8.45. The van der Waals surface area contributed by atoms with Gasteiger partial charge in [-0.25, -0.2) is 19.3 Å². The number of nitrogens with zero attached hydrogens (tertiary/aromatic N) is 5. The van der Waals surface area contributed by atoms with Gasteiger partial charge in [0.1, 0.15) is 11.9 Å². The predicted molar refractivity (Wildman–Crippen MR) is 119 cm³/mol. The molecule has 1 saturated heterocycles. The molecule has 4 aromatic rings. The molecule has 164 valence electrons. The van der Waals surface area contributed by atoms with Gasteiger partial charge >= 0.3 is 0 Å². The molecule has 0 N–H and O–H groups in total. The Morgan fingerprint density at radius 3 is 2.67 bits per heavy atom. The first-order valence-electron chi connectivity index (χ1n) is 10.9. The minimum absolute atomic E-state index is 0.100. The Kier molecular flexibility index (Phi) is 4.71. The second kappa shape index (κ2) is 7.88. The van der Waals surface area contributed by atoms with Gasteiger partial charge in [0, 0.05) is 36.6 Å². The summed E-state index contributed by atoms with van der Waals surface area (Å²) in [5.41, 5.74) is 1.02. The van der Waals surface area contributed by atoms with Crippen molar-refractivity contribution in [3.8, 4) is 17.3 Å². The number of carbonyl (C=O) groups excluding carboxylic acids is 1. The van der Waals surface area contributed by atoms with Gasteiger partial charge in [-0.2, -0.15) is 4.98 Å². The van der Waals surface area contributed by atoms with Gasteiger partial charge in [0.15, 0.2) is 11.5 Å². The summed E-state index contributed by atoms with van der Waals surface area (Å²) < 4.78 is 21.0. The molecule has 3 aromatic heterocycles. The van der Waals surface area contributed by atoms with Crippen LogP contribution in [0.15, 0.2) is 67.1 Å². The van der Waals surface area contributed by atoms with E-state index in [1.54, 1.807) is 29.3 Å². The molecule has 7 nitrogen and oxygen atoms in total. The molecule has 4 heterocycles. The monoisotopic (exact) mass is 441 g/mol. The Morgan fingerprint density at radius 2 is 1.82 bits per heavy atom. The summed E-state index contributed by atoms with van der Waals surface area (Å²) in [7, 11) is 0. The number of benzene rings is 1. The number of hydrogen-bond donors (Lipinski definition) is 0. The van der Waals surface area contributed by atoms with Crippen LogP contribution in [0.1, 0.15) is 23.2 Å². The van der Waals surface area contributed by atoms with E-state index in [1.807, 2.05) is 24.3 Å². The van der Waals surface area contributed by atoms with Crippen LogP contribution >= 0.6 is 0 Å². The number of likely N-dealkylation sites (tertiary alicyclic amines) is 1. The van der Waals surface area contributed by atoms with Crippen molar-refractivity contribution in [2.24, 2.45) is 5.92 Å². The van der Waals surface area contributed by atoms with Crippen LogP contribution in [-0.4, -0.2) is 49.4 Å². The van der Waals surface area contributed by atoms with Crippen LogP contribution in [0.2, 0.25) is 0 Å². The van der Waals surface area contributed by atoms with E-state index in [0.29, 0.717) is 24.0 Å². The fraction of sp³-hybridized carbons (Fsp3) is 0.240. The van der Waals surface area contributed by atoms with Crippen molar-refractivity contribution < 1.29 is 13.9 Å². The van der Waals surface area contributed by atoms with E-state index in [9.17, 15) is 9.18 Å². The Labute approximate surface area is 189 Å². The van der Waals surface area contributed by atoms with Crippen molar-refractivity contribution in [2.45, 2.75) is 25.0 Å². The van der Waals surface area contributed by atoms with E-state index in [2.05, 4.69) is 19.9 Å². The van der Waals surface area contributed by atoms with Crippen LogP contribution in [0, 0.1) is 11.7 Å². The molecule has 0 spiro atoms. The first-order valence-corrected chi connectivity index (χ1v) is 10.9. The summed E-state index contributed by atoms with van der Waals surface area (Å²) in [5, 5.41) is 0.941. The lowest BCUT2D eigenvalue weighted by molar-refractivity contribution is 0.0467. The molecule has 33 heavy (non-hydrogen) atoms. The van der Waals surface area contributed by atoms with Gasteiger partial charge in [0.05, 0.1) is 17.2 Å². The van der Waals surface area contributed by atoms with Crippen molar-refractivity contribution in [1.29, 1.82) is 0 Å². The minimum atomic E-state index is -0.517. The average Bonchev–Trinajstić information content (AvgIpc) is 3.45. The van der Waals surface area contributed by atoms with Crippen LogP contribution < -0.4 is 4.74 Å². The molecule has 1 saturated carbocycles. The number of fused-ring (bicyclic) bond motifs is 3. The number of ether oxygens (including phenoxy) is 1. The maximum atomic E-state index is 14.8. The van der Waals surface area contributed by atoms with Crippen molar-refractivity contribution in [2.75, 3.05) is 6.54 Å². The first kappa shape index (κ1) is 19.7. The Morgan fingerprint density at radius 1 is 0.970 bits per heavy atom. The maximum absolute atomic E-state index is 14.8. The van der Waals surface area contributed by atoms with Crippen LogP contribution in [0.25, 0.3) is 22.4 Å². The summed E-state index contributed by atoms with van der Waals surface area (Å²) in [5.74, 6) is 0.287. The van der Waals surface area contributed by atoms with Gasteiger partial charge < -0.3 is 9.64 Å². The zero-order chi connectivity index (χ0) is 22.4. The molecular weight excluding hydrogens is 421 g/mol. The molecule has 2 aliphatic rings. The lowest BCUT2D eigenvalue weighted by Gasteiger charge is -2.33. The number of piperidine rings is 1. The van der Waals surface area contributed by atoms with E-state index in [4.69, 9.17) is 4.74 Å². The highest BCUT2D eigenvalue weighted by Crippen LogP contribution is 2.41. The molecule has 1 aliphatic carbocycles. The average molecular weight is 441 g/mol. The largest absolute Gasteiger partial charge is 0.472 e. The van der Waals surface area contributed by atoms with Crippen molar-refractivity contribution in [3.05, 3.63) is 78.5 Å². The predicted octanol–water partition coefficient (Wildman–Crippen LogP) is 3.91. The van der Waals surface area contributed by atoms with E-state index < -0.39 is 5.82 Å². The molecule has 6 rings (SSSR count). The molecule has 1 amide bonds. The quantitative estimate of drug-likeness (QED) is 0.478. The lowest BCUT2D eigenvalue weighted by atomic mass is 10.0. The van der Waals surface area contributed by atoms with Crippen molar-refractivity contribution in [1.82, 2.24) is 24.8 Å². The number of pyridine rings is 2. The number of aromatic nitrogens is 4. The smallest absolute Gasteiger partial charge is 0.255 e. The second-order valence-electron chi connectivity index (χ2n) is 8.45. The number of rotatable bonds is 4. The van der Waals surface area contributed by atoms with Crippen LogP contribution in [0.4, 0.5) is 4.39 Å². The summed E-state index contributed by atoms with van der Waals surface area (Å²) in [6.45, 7) is 0.627. The van der Waals surface area contributed by atoms with E-state index in [1.165, 1.54) is 18.5 Å². The third-order valence-corrected chi connectivity index (χ3v) is 6.43. The minimum Gasteiger partial charge on any atom is -0.472 e. The summed E-state index contributed by atoms with van der Waals surface area (Å²) in [6.07, 6.45) is 6.31. The first-order chi connectivity index (χ1) is 16.2. The zero-order valence-corrected chi connectivity index (χ0v) is 17.6. The van der Waals surface area contributed by atoms with Gasteiger partial charge in [0.2, 0.25) is 5.88 Å². The third kappa shape index (κ3) is 3.47. The van der Waals surface area contributed by atoms with Crippen LogP contribution in [0.5, 0.6) is 5.88 Å². The number of amides is 1. The van der Waals surface area contributed by atoms with E-state index in [0.717, 1.165) is 18.2 Å². The van der Waals surface area contributed by atoms with Gasteiger partial charge in [-0.15, -0.1) is 0 Å². The lowest BCUT2D eigenvalue weighted by Crippen LogP contribution is -2.47. The van der Waals surface area contributed by atoms with Crippen LogP contribution in [0.3, 0.4) is 0 Å². The van der Waals surface area contributed by atoms with Crippen molar-refractivity contribution in [3.63, 3.8) is 0 Å². The molecule has 2 bridgehead atoms. The summed E-state index contributed by atoms with van der Waals surface area (Å²) in [6, 6.07) is 13.6. The molecule has 0 radical (unpaired) electrons. The Hall–Kier alpha value is -3.94. The third-order valence-electron chi connectivity index (χ3n) is 6.43. The van der Waals surface area contributed by atoms with E-state index >= 15 is 0 Å². The number of carbonyl (C=O) groups is 1. The van der Waals surface area contributed by atoms with Crippen molar-refractivity contribution >= 4 is 16.9 Å². The summed E-state index contributed by atoms with van der Waals surface area (Å²) in [4.78, 5) is 32.5. The molecule has 0 unspecified atom stereocenters. The van der Waals surface area contributed by atoms with Gasteiger partial charge in [-0.1, -0.05) is 6.07 Å². The van der Waals surface area contributed by atoms with Gasteiger partial charge in [-0.3, -0.25) is 4.79 Å². The van der Waals surface area contributed by atoms with Gasteiger partial charge in [0.25, 0.3) is 5.91 Å². The molecule has 3 atom stereocenters.